The number of hydrogen-bond acceptors (Lipinski definition) is 5. The van der Waals surface area contributed by atoms with Crippen LogP contribution in [-0.2, 0) is 24.3 Å². The lowest BCUT2D eigenvalue weighted by atomic mass is 10.0. The number of amides is 1. The first-order valence-corrected chi connectivity index (χ1v) is 12.3. The molecule has 1 aliphatic heterocycles. The zero-order chi connectivity index (χ0) is 24.1. The molecule has 2 heterocycles. The smallest absolute Gasteiger partial charge is 0.220 e. The van der Waals surface area contributed by atoms with Gasteiger partial charge in [0, 0.05) is 57.4 Å². The average Bonchev–Trinajstić information content (AvgIpc) is 3.15. The van der Waals surface area contributed by atoms with E-state index in [4.69, 9.17) is 0 Å². The molecule has 0 fully saturated rings. The largest absolute Gasteiger partial charge is 0.346 e. The number of carbonyl (C=O) groups excluding carboxylic acids is 1. The molecule has 180 valence electrons. The Hall–Kier alpha value is -3.19. The molecule has 0 unspecified atom stereocenters. The van der Waals surface area contributed by atoms with Crippen LogP contribution in [0.25, 0.3) is 0 Å². The van der Waals surface area contributed by atoms with Crippen molar-refractivity contribution in [2.45, 2.75) is 52.7 Å². The van der Waals surface area contributed by atoms with E-state index in [2.05, 4.69) is 99.3 Å². The van der Waals surface area contributed by atoms with Crippen LogP contribution in [0.5, 0.6) is 0 Å². The van der Waals surface area contributed by atoms with Gasteiger partial charge in [0.25, 0.3) is 0 Å². The molecule has 7 nitrogen and oxygen atoms in total. The van der Waals surface area contributed by atoms with E-state index in [1.54, 1.807) is 0 Å². The van der Waals surface area contributed by atoms with Crippen molar-refractivity contribution in [2.24, 2.45) is 5.92 Å². The fourth-order valence-corrected chi connectivity index (χ4v) is 4.47. The Morgan fingerprint density at radius 2 is 1.71 bits per heavy atom. The summed E-state index contributed by atoms with van der Waals surface area (Å²) >= 11 is 0. The number of rotatable bonds is 8. The first-order chi connectivity index (χ1) is 16.5. The number of benzene rings is 2. The van der Waals surface area contributed by atoms with Gasteiger partial charge in [0.1, 0.15) is 5.82 Å². The highest BCUT2D eigenvalue weighted by Gasteiger charge is 2.27. The topological polar surface area (TPSA) is 66.3 Å². The van der Waals surface area contributed by atoms with Crippen LogP contribution in [0.2, 0.25) is 0 Å². The zero-order valence-electron chi connectivity index (χ0n) is 20.7. The van der Waals surface area contributed by atoms with E-state index in [1.807, 2.05) is 13.0 Å². The second-order valence-corrected chi connectivity index (χ2v) is 9.36. The Balaban J connectivity index is 1.41. The highest BCUT2D eigenvalue weighted by molar-refractivity contribution is 5.75. The molecule has 0 spiro atoms. The van der Waals surface area contributed by atoms with E-state index >= 15 is 0 Å². The van der Waals surface area contributed by atoms with E-state index in [0.29, 0.717) is 6.42 Å². The highest BCUT2D eigenvalue weighted by Crippen LogP contribution is 2.25. The normalized spacial score (nSPS) is 15.0. The summed E-state index contributed by atoms with van der Waals surface area (Å²) in [6.07, 6.45) is 1.33. The summed E-state index contributed by atoms with van der Waals surface area (Å²) in [5.74, 6) is 2.18. The molecule has 2 aromatic carbocycles. The van der Waals surface area contributed by atoms with Gasteiger partial charge in [-0.15, -0.1) is 10.2 Å². The monoisotopic (exact) mass is 460 g/mol. The summed E-state index contributed by atoms with van der Waals surface area (Å²) in [6.45, 7) is 9.71. The van der Waals surface area contributed by atoms with Gasteiger partial charge in [-0.05, 0) is 35.7 Å². The molecule has 1 aromatic heterocycles. The molecule has 1 aliphatic rings. The molecular formula is C27H36N6O. The Kier molecular flexibility index (Phi) is 7.63. The lowest BCUT2D eigenvalue weighted by Gasteiger charge is -2.23. The summed E-state index contributed by atoms with van der Waals surface area (Å²) in [6, 6.07) is 19.1. The van der Waals surface area contributed by atoms with Crippen LogP contribution in [-0.4, -0.2) is 45.7 Å². The van der Waals surface area contributed by atoms with Crippen molar-refractivity contribution in [2.75, 3.05) is 25.0 Å². The molecule has 34 heavy (non-hydrogen) atoms. The lowest BCUT2D eigenvalue weighted by molar-refractivity contribution is -0.121. The summed E-state index contributed by atoms with van der Waals surface area (Å²) < 4.78 is 2.22. The molecule has 1 amide bonds. The summed E-state index contributed by atoms with van der Waals surface area (Å²) in [7, 11) is 2.10. The fraction of sp³-hybridized carbons (Fsp3) is 0.444. The van der Waals surface area contributed by atoms with E-state index in [0.717, 1.165) is 44.2 Å². The predicted molar refractivity (Wildman–Crippen MR) is 136 cm³/mol. The van der Waals surface area contributed by atoms with Crippen LogP contribution in [0.15, 0.2) is 54.6 Å². The maximum atomic E-state index is 12.1. The van der Waals surface area contributed by atoms with E-state index in [-0.39, 0.29) is 17.9 Å². The number of carbonyl (C=O) groups is 1. The first-order valence-electron chi connectivity index (χ1n) is 12.3. The van der Waals surface area contributed by atoms with Gasteiger partial charge in [0.2, 0.25) is 5.91 Å². The van der Waals surface area contributed by atoms with Gasteiger partial charge >= 0.3 is 0 Å². The molecular weight excluding hydrogens is 424 g/mol. The first kappa shape index (κ1) is 24.0. The van der Waals surface area contributed by atoms with Crippen molar-refractivity contribution in [3.8, 4) is 0 Å². The lowest BCUT2D eigenvalue weighted by Crippen LogP contribution is -2.34. The van der Waals surface area contributed by atoms with Gasteiger partial charge in [0.05, 0.1) is 6.04 Å². The van der Waals surface area contributed by atoms with Crippen LogP contribution in [0, 0.1) is 5.92 Å². The van der Waals surface area contributed by atoms with Crippen molar-refractivity contribution in [1.82, 2.24) is 25.0 Å². The number of fused-ring (bicyclic) bond motifs is 1. The van der Waals surface area contributed by atoms with Crippen molar-refractivity contribution in [3.63, 3.8) is 0 Å². The Morgan fingerprint density at radius 1 is 1.00 bits per heavy atom. The summed E-state index contributed by atoms with van der Waals surface area (Å²) in [4.78, 5) is 16.8. The van der Waals surface area contributed by atoms with Crippen molar-refractivity contribution < 1.29 is 4.79 Å². The SMILES string of the molecule is CCC(=O)N[C@@H](c1nnc2n1CCN(Cc1ccc(N(C)c3ccccc3)cc1)CC2)C(C)C. The third kappa shape index (κ3) is 5.47. The zero-order valence-corrected chi connectivity index (χ0v) is 20.7. The van der Waals surface area contributed by atoms with Crippen LogP contribution >= 0.6 is 0 Å². The van der Waals surface area contributed by atoms with Gasteiger partial charge < -0.3 is 14.8 Å². The molecule has 0 radical (unpaired) electrons. The second kappa shape index (κ2) is 10.8. The Morgan fingerprint density at radius 3 is 2.38 bits per heavy atom. The predicted octanol–water partition coefficient (Wildman–Crippen LogP) is 4.33. The number of nitrogens with zero attached hydrogens (tertiary/aromatic N) is 5. The molecule has 0 saturated carbocycles. The minimum Gasteiger partial charge on any atom is -0.346 e. The summed E-state index contributed by atoms with van der Waals surface area (Å²) in [5.41, 5.74) is 3.66. The van der Waals surface area contributed by atoms with Crippen LogP contribution in [0.1, 0.15) is 50.4 Å². The molecule has 1 N–H and O–H groups in total. The van der Waals surface area contributed by atoms with Gasteiger partial charge in [-0.1, -0.05) is 51.1 Å². The van der Waals surface area contributed by atoms with Crippen molar-refractivity contribution in [1.29, 1.82) is 0 Å². The second-order valence-electron chi connectivity index (χ2n) is 9.36. The highest BCUT2D eigenvalue weighted by atomic mass is 16.1. The number of anilines is 2. The van der Waals surface area contributed by atoms with E-state index in [1.165, 1.54) is 16.9 Å². The molecule has 0 aliphatic carbocycles. The van der Waals surface area contributed by atoms with Crippen LogP contribution in [0.3, 0.4) is 0 Å². The quantitative estimate of drug-likeness (QED) is 0.542. The number of nitrogens with one attached hydrogen (secondary N) is 1. The van der Waals surface area contributed by atoms with E-state index in [9.17, 15) is 4.79 Å². The Labute approximate surface area is 202 Å². The maximum absolute atomic E-state index is 12.1. The van der Waals surface area contributed by atoms with Gasteiger partial charge in [-0.2, -0.15) is 0 Å². The molecule has 3 aromatic rings. The standard InChI is InChI=1S/C27H36N6O/c1-5-25(34)28-26(20(2)3)27-30-29-24-15-16-32(17-18-33(24)27)19-21-11-13-23(14-12-21)31(4)22-9-7-6-8-10-22/h6-14,20,26H,5,15-19H2,1-4H3,(H,28,34)/t26-/m1/s1. The van der Waals surface area contributed by atoms with Gasteiger partial charge in [0.15, 0.2) is 5.82 Å². The average molecular weight is 461 g/mol. The van der Waals surface area contributed by atoms with Gasteiger partial charge in [-0.3, -0.25) is 9.69 Å². The molecule has 0 saturated heterocycles. The third-order valence-corrected chi connectivity index (χ3v) is 6.60. The molecule has 7 heteroatoms. The number of aromatic nitrogens is 3. The van der Waals surface area contributed by atoms with Crippen molar-refractivity contribution >= 4 is 17.3 Å². The molecule has 0 bridgehead atoms. The minimum atomic E-state index is -0.116. The minimum absolute atomic E-state index is 0.0488. The summed E-state index contributed by atoms with van der Waals surface area (Å²) in [5, 5.41) is 12.1. The fourth-order valence-electron chi connectivity index (χ4n) is 4.47. The van der Waals surface area contributed by atoms with E-state index < -0.39 is 0 Å². The molecule has 1 atom stereocenters. The van der Waals surface area contributed by atoms with Crippen LogP contribution < -0.4 is 10.2 Å². The third-order valence-electron chi connectivity index (χ3n) is 6.60. The van der Waals surface area contributed by atoms with Crippen molar-refractivity contribution in [3.05, 3.63) is 71.8 Å². The van der Waals surface area contributed by atoms with Gasteiger partial charge in [-0.25, -0.2) is 0 Å². The van der Waals surface area contributed by atoms with Crippen LogP contribution in [0.4, 0.5) is 11.4 Å². The number of para-hydroxylation sites is 1. The number of hydrogen-bond donors (Lipinski definition) is 1. The molecule has 4 rings (SSSR count). The maximum Gasteiger partial charge on any atom is 0.220 e. The Bertz CT molecular complexity index is 1080.